The molecule has 3 heterocycles. The molecule has 2 aliphatic heterocycles. The molecule has 7 heteroatoms. The van der Waals surface area contributed by atoms with Gasteiger partial charge >= 0.3 is 5.69 Å². The van der Waals surface area contributed by atoms with Crippen molar-refractivity contribution in [1.29, 1.82) is 0 Å². The number of nitrogens with zero attached hydrogens (tertiary/aromatic N) is 4. The van der Waals surface area contributed by atoms with Gasteiger partial charge in [-0.15, -0.1) is 0 Å². The molecule has 2 aliphatic rings. The van der Waals surface area contributed by atoms with Crippen LogP contribution in [0.25, 0.3) is 0 Å². The van der Waals surface area contributed by atoms with Crippen molar-refractivity contribution >= 4 is 11.5 Å². The first-order chi connectivity index (χ1) is 10.1. The van der Waals surface area contributed by atoms with Gasteiger partial charge in [0.2, 0.25) is 5.82 Å². The molecule has 0 saturated carbocycles. The Balaban J connectivity index is 1.73. The highest BCUT2D eigenvalue weighted by Gasteiger charge is 2.33. The Morgan fingerprint density at radius 3 is 2.62 bits per heavy atom. The van der Waals surface area contributed by atoms with Crippen LogP contribution in [-0.4, -0.2) is 40.4 Å². The smallest absolute Gasteiger partial charge is 0.333 e. The molecule has 2 fully saturated rings. The molecular formula is C14H23N5O2. The van der Waals surface area contributed by atoms with Crippen LogP contribution >= 0.6 is 0 Å². The molecule has 0 spiro atoms. The minimum absolute atomic E-state index is 0.162. The molecule has 0 aliphatic carbocycles. The van der Waals surface area contributed by atoms with Crippen molar-refractivity contribution in [3.63, 3.8) is 0 Å². The molecule has 1 N–H and O–H groups in total. The second-order valence-corrected chi connectivity index (χ2v) is 6.17. The summed E-state index contributed by atoms with van der Waals surface area (Å²) in [5.41, 5.74) is 0.659. The van der Waals surface area contributed by atoms with E-state index < -0.39 is 0 Å². The van der Waals surface area contributed by atoms with Gasteiger partial charge in [0.15, 0.2) is 0 Å². The lowest BCUT2D eigenvalue weighted by Gasteiger charge is -2.35. The van der Waals surface area contributed by atoms with Crippen LogP contribution < -0.4 is 10.2 Å². The van der Waals surface area contributed by atoms with Gasteiger partial charge in [0.05, 0.1) is 4.92 Å². The summed E-state index contributed by atoms with van der Waals surface area (Å²) in [6, 6.07) is 0.649. The minimum Gasteiger partial charge on any atom is -0.351 e. The summed E-state index contributed by atoms with van der Waals surface area (Å²) in [7, 11) is 1.79. The molecule has 1 unspecified atom stereocenters. The fourth-order valence-electron chi connectivity index (χ4n) is 3.83. The van der Waals surface area contributed by atoms with E-state index in [0.29, 0.717) is 23.5 Å². The summed E-state index contributed by atoms with van der Waals surface area (Å²) in [6.45, 7) is 4.60. The molecule has 21 heavy (non-hydrogen) atoms. The maximum atomic E-state index is 11.3. The first-order valence-corrected chi connectivity index (χ1v) is 7.74. The third-order valence-corrected chi connectivity index (χ3v) is 4.85. The first-order valence-electron chi connectivity index (χ1n) is 7.74. The average molecular weight is 293 g/mol. The molecule has 2 saturated heterocycles. The van der Waals surface area contributed by atoms with E-state index in [1.165, 1.54) is 12.8 Å². The quantitative estimate of drug-likeness (QED) is 0.677. The lowest BCUT2D eigenvalue weighted by Crippen LogP contribution is -2.41. The van der Waals surface area contributed by atoms with E-state index in [9.17, 15) is 10.1 Å². The Labute approximate surface area is 124 Å². The monoisotopic (exact) mass is 293 g/mol. The molecule has 0 aromatic carbocycles. The van der Waals surface area contributed by atoms with Crippen molar-refractivity contribution in [2.24, 2.45) is 13.0 Å². The number of piperidine rings is 1. The molecule has 116 valence electrons. The molecule has 0 radical (unpaired) electrons. The summed E-state index contributed by atoms with van der Waals surface area (Å²) in [4.78, 5) is 13.1. The van der Waals surface area contributed by atoms with Gasteiger partial charge in [-0.1, -0.05) is 0 Å². The van der Waals surface area contributed by atoms with Crippen LogP contribution in [0.1, 0.15) is 31.4 Å². The second kappa shape index (κ2) is 5.63. The summed E-state index contributed by atoms with van der Waals surface area (Å²) < 4.78 is 1.65. The summed E-state index contributed by atoms with van der Waals surface area (Å²) in [6.07, 6.45) is 4.74. The highest BCUT2D eigenvalue weighted by molar-refractivity contribution is 5.61. The Hall–Kier alpha value is -1.63. The Bertz CT molecular complexity index is 528. The van der Waals surface area contributed by atoms with E-state index in [1.807, 2.05) is 0 Å². The predicted octanol–water partition coefficient (Wildman–Crippen LogP) is 1.61. The molecule has 3 rings (SSSR count). The lowest BCUT2D eigenvalue weighted by molar-refractivity contribution is -0.384. The zero-order valence-corrected chi connectivity index (χ0v) is 12.7. The maximum absolute atomic E-state index is 11.3. The summed E-state index contributed by atoms with van der Waals surface area (Å²) in [5.74, 6) is 1.37. The van der Waals surface area contributed by atoms with E-state index in [4.69, 9.17) is 0 Å². The first kappa shape index (κ1) is 14.3. The summed E-state index contributed by atoms with van der Waals surface area (Å²) in [5, 5.41) is 19.1. The maximum Gasteiger partial charge on any atom is 0.333 e. The van der Waals surface area contributed by atoms with Crippen molar-refractivity contribution in [1.82, 2.24) is 15.1 Å². The van der Waals surface area contributed by atoms with Crippen molar-refractivity contribution in [2.45, 2.75) is 38.6 Å². The van der Waals surface area contributed by atoms with E-state index in [2.05, 4.69) is 15.3 Å². The second-order valence-electron chi connectivity index (χ2n) is 6.17. The fraction of sp³-hybridized carbons (Fsp3) is 0.786. The Kier molecular flexibility index (Phi) is 3.84. The number of nitro groups is 1. The van der Waals surface area contributed by atoms with E-state index in [1.54, 1.807) is 18.7 Å². The fourth-order valence-corrected chi connectivity index (χ4v) is 3.83. The van der Waals surface area contributed by atoms with E-state index >= 15 is 0 Å². The number of nitrogens with one attached hydrogen (secondary N) is 1. The van der Waals surface area contributed by atoms with Gasteiger partial charge in [-0.05, 0) is 45.1 Å². The van der Waals surface area contributed by atoms with E-state index in [-0.39, 0.29) is 10.6 Å². The topological polar surface area (TPSA) is 76.2 Å². The number of aromatic nitrogens is 2. The van der Waals surface area contributed by atoms with Crippen LogP contribution in [0, 0.1) is 23.0 Å². The number of rotatable bonds is 3. The standard InChI is InChI=1S/C14H23N5O2/c1-10-13(19(20)21)14(17(2)16-10)18-8-5-11(6-9-18)12-4-3-7-15-12/h11-12,15H,3-9H2,1-2H3. The van der Waals surface area contributed by atoms with Crippen LogP contribution in [0.15, 0.2) is 0 Å². The number of aryl methyl sites for hydroxylation is 2. The van der Waals surface area contributed by atoms with Gasteiger partial charge in [0.25, 0.3) is 0 Å². The lowest BCUT2D eigenvalue weighted by atomic mass is 9.88. The zero-order chi connectivity index (χ0) is 15.0. The van der Waals surface area contributed by atoms with Gasteiger partial charge in [-0.2, -0.15) is 5.10 Å². The molecular weight excluding hydrogens is 270 g/mol. The molecule has 0 bridgehead atoms. The normalized spacial score (nSPS) is 23.7. The van der Waals surface area contributed by atoms with Gasteiger partial charge in [-0.3, -0.25) is 10.1 Å². The molecule has 1 aromatic heterocycles. The van der Waals surface area contributed by atoms with Gasteiger partial charge in [0.1, 0.15) is 5.69 Å². The van der Waals surface area contributed by atoms with Gasteiger partial charge in [0, 0.05) is 26.2 Å². The molecule has 1 aromatic rings. The van der Waals surface area contributed by atoms with Crippen LogP contribution in [0.2, 0.25) is 0 Å². The predicted molar refractivity (Wildman–Crippen MR) is 80.6 cm³/mol. The molecule has 0 amide bonds. The minimum atomic E-state index is -0.303. The van der Waals surface area contributed by atoms with Crippen LogP contribution in [-0.2, 0) is 7.05 Å². The van der Waals surface area contributed by atoms with Crippen LogP contribution in [0.5, 0.6) is 0 Å². The van der Waals surface area contributed by atoms with Crippen molar-refractivity contribution in [3.05, 3.63) is 15.8 Å². The Morgan fingerprint density at radius 1 is 1.33 bits per heavy atom. The number of anilines is 1. The van der Waals surface area contributed by atoms with Gasteiger partial charge < -0.3 is 10.2 Å². The number of hydrogen-bond donors (Lipinski definition) is 1. The molecule has 7 nitrogen and oxygen atoms in total. The van der Waals surface area contributed by atoms with Gasteiger partial charge in [-0.25, -0.2) is 4.68 Å². The zero-order valence-electron chi connectivity index (χ0n) is 12.7. The van der Waals surface area contributed by atoms with Crippen LogP contribution in [0.3, 0.4) is 0 Å². The van der Waals surface area contributed by atoms with Crippen molar-refractivity contribution < 1.29 is 4.92 Å². The highest BCUT2D eigenvalue weighted by Crippen LogP contribution is 2.34. The number of hydrogen-bond acceptors (Lipinski definition) is 5. The SMILES string of the molecule is Cc1nn(C)c(N2CCC(C3CCCN3)CC2)c1[N+](=O)[O-]. The van der Waals surface area contributed by atoms with Crippen LogP contribution in [0.4, 0.5) is 11.5 Å². The Morgan fingerprint density at radius 2 is 2.05 bits per heavy atom. The van der Waals surface area contributed by atoms with E-state index in [0.717, 1.165) is 32.5 Å². The largest absolute Gasteiger partial charge is 0.351 e. The summed E-state index contributed by atoms with van der Waals surface area (Å²) >= 11 is 0. The molecule has 1 atom stereocenters. The highest BCUT2D eigenvalue weighted by atomic mass is 16.6. The third-order valence-electron chi connectivity index (χ3n) is 4.85. The third kappa shape index (κ3) is 2.62. The van der Waals surface area contributed by atoms with Crippen molar-refractivity contribution in [2.75, 3.05) is 24.5 Å². The van der Waals surface area contributed by atoms with Crippen molar-refractivity contribution in [3.8, 4) is 0 Å². The average Bonchev–Trinajstić information content (AvgIpc) is 3.06.